The minimum Gasteiger partial charge on any atom is -0.310 e. The van der Waals surface area contributed by atoms with E-state index in [1.807, 2.05) is 0 Å². The fraction of sp³-hybridized carbons (Fsp3) is 0.0600. The van der Waals surface area contributed by atoms with Gasteiger partial charge in [0.1, 0.15) is 5.01 Å². The zero-order valence-electron chi connectivity index (χ0n) is 30.1. The van der Waals surface area contributed by atoms with E-state index in [0.29, 0.717) is 0 Å². The fourth-order valence-electron chi connectivity index (χ4n) is 8.12. The largest absolute Gasteiger partial charge is 0.310 e. The third-order valence-electron chi connectivity index (χ3n) is 10.8. The van der Waals surface area contributed by atoms with Gasteiger partial charge < -0.3 is 9.80 Å². The summed E-state index contributed by atoms with van der Waals surface area (Å²) in [5.41, 5.74) is 14.1. The lowest BCUT2D eigenvalue weighted by Crippen LogP contribution is -2.15. The second-order valence-electron chi connectivity index (χ2n) is 14.5. The number of para-hydroxylation sites is 3. The summed E-state index contributed by atoms with van der Waals surface area (Å²) in [7, 11) is 0. The second-order valence-corrected chi connectivity index (χ2v) is 15.5. The number of anilines is 6. The van der Waals surface area contributed by atoms with Crippen molar-refractivity contribution in [1.82, 2.24) is 4.98 Å². The SMILES string of the molecule is CC1(C)c2cc3cc(N(c4ccccc4)c4cccc(N(c5ccccc5)c5ccccc5)c4)ccc3cc2-c2cc3sc(-c4ccccc4)nc3cc21. The quantitative estimate of drug-likeness (QED) is 0.164. The number of thiazole rings is 1. The van der Waals surface area contributed by atoms with Gasteiger partial charge >= 0.3 is 0 Å². The maximum atomic E-state index is 5.09. The molecule has 8 aromatic carbocycles. The highest BCUT2D eigenvalue weighted by Crippen LogP contribution is 2.52. The third-order valence-corrected chi connectivity index (χ3v) is 11.9. The van der Waals surface area contributed by atoms with Crippen molar-refractivity contribution in [3.63, 3.8) is 0 Å². The molecule has 0 saturated heterocycles. The van der Waals surface area contributed by atoms with Gasteiger partial charge in [-0.15, -0.1) is 11.3 Å². The third kappa shape index (κ3) is 5.46. The molecular formula is C50H37N3S. The maximum Gasteiger partial charge on any atom is 0.124 e. The molecule has 1 aromatic heterocycles. The number of rotatable bonds is 7. The number of benzene rings is 8. The molecule has 9 aromatic rings. The van der Waals surface area contributed by atoms with Gasteiger partial charge in [-0.2, -0.15) is 0 Å². The Labute approximate surface area is 320 Å². The first kappa shape index (κ1) is 32.2. The van der Waals surface area contributed by atoms with E-state index >= 15 is 0 Å². The van der Waals surface area contributed by atoms with Crippen LogP contribution in [-0.4, -0.2) is 4.98 Å². The van der Waals surface area contributed by atoms with Crippen LogP contribution in [0.25, 0.3) is 42.7 Å². The average Bonchev–Trinajstić information content (AvgIpc) is 3.73. The van der Waals surface area contributed by atoms with Gasteiger partial charge in [0.05, 0.1) is 10.2 Å². The number of aromatic nitrogens is 1. The van der Waals surface area contributed by atoms with Crippen molar-refractivity contribution in [1.29, 1.82) is 0 Å². The molecule has 0 aliphatic heterocycles. The molecule has 10 rings (SSSR count). The van der Waals surface area contributed by atoms with Gasteiger partial charge in [-0.1, -0.05) is 111 Å². The van der Waals surface area contributed by atoms with Gasteiger partial charge in [-0.3, -0.25) is 0 Å². The summed E-state index contributed by atoms with van der Waals surface area (Å²) in [4.78, 5) is 9.78. The Morgan fingerprint density at radius 3 is 1.54 bits per heavy atom. The molecule has 0 fully saturated rings. The van der Waals surface area contributed by atoms with Crippen molar-refractivity contribution >= 4 is 66.5 Å². The van der Waals surface area contributed by atoms with Crippen LogP contribution in [0.15, 0.2) is 188 Å². The lowest BCUT2D eigenvalue weighted by atomic mass is 9.82. The van der Waals surface area contributed by atoms with Crippen LogP contribution in [0.2, 0.25) is 0 Å². The van der Waals surface area contributed by atoms with E-state index in [0.717, 1.165) is 44.6 Å². The number of fused-ring (bicyclic) bond motifs is 5. The Kier molecular flexibility index (Phi) is 7.67. The molecule has 0 saturated carbocycles. The van der Waals surface area contributed by atoms with Crippen molar-refractivity contribution in [3.8, 4) is 21.7 Å². The summed E-state index contributed by atoms with van der Waals surface area (Å²) in [6, 6.07) is 67.7. The van der Waals surface area contributed by atoms with Gasteiger partial charge in [0.2, 0.25) is 0 Å². The van der Waals surface area contributed by atoms with E-state index in [4.69, 9.17) is 4.98 Å². The predicted molar refractivity (Wildman–Crippen MR) is 229 cm³/mol. The Bertz CT molecular complexity index is 2750. The lowest BCUT2D eigenvalue weighted by molar-refractivity contribution is 0.662. The molecule has 258 valence electrons. The van der Waals surface area contributed by atoms with Crippen molar-refractivity contribution in [2.24, 2.45) is 0 Å². The lowest BCUT2D eigenvalue weighted by Gasteiger charge is -2.29. The zero-order chi connectivity index (χ0) is 36.2. The Morgan fingerprint density at radius 1 is 0.426 bits per heavy atom. The van der Waals surface area contributed by atoms with E-state index in [9.17, 15) is 0 Å². The minimum atomic E-state index is -0.161. The Hall–Kier alpha value is -6.49. The minimum absolute atomic E-state index is 0.161. The highest BCUT2D eigenvalue weighted by atomic mass is 32.1. The molecule has 0 spiro atoms. The van der Waals surface area contributed by atoms with Crippen LogP contribution in [-0.2, 0) is 5.41 Å². The first-order chi connectivity index (χ1) is 26.5. The molecule has 54 heavy (non-hydrogen) atoms. The molecule has 1 aliphatic rings. The van der Waals surface area contributed by atoms with Crippen LogP contribution in [0.5, 0.6) is 0 Å². The van der Waals surface area contributed by atoms with E-state index in [1.165, 1.54) is 43.3 Å². The fourth-order valence-corrected chi connectivity index (χ4v) is 9.12. The molecule has 0 unspecified atom stereocenters. The first-order valence-electron chi connectivity index (χ1n) is 18.5. The maximum absolute atomic E-state index is 5.09. The number of hydrogen-bond acceptors (Lipinski definition) is 4. The smallest absolute Gasteiger partial charge is 0.124 e. The molecule has 1 heterocycles. The van der Waals surface area contributed by atoms with Crippen LogP contribution in [0.1, 0.15) is 25.0 Å². The van der Waals surface area contributed by atoms with Gasteiger partial charge in [0, 0.05) is 45.1 Å². The van der Waals surface area contributed by atoms with Crippen LogP contribution < -0.4 is 9.80 Å². The number of nitrogens with zero attached hydrogens (tertiary/aromatic N) is 3. The molecule has 4 heteroatoms. The molecule has 0 radical (unpaired) electrons. The monoisotopic (exact) mass is 711 g/mol. The van der Waals surface area contributed by atoms with E-state index < -0.39 is 0 Å². The summed E-state index contributed by atoms with van der Waals surface area (Å²) in [5, 5.41) is 3.53. The molecule has 0 atom stereocenters. The average molecular weight is 712 g/mol. The van der Waals surface area contributed by atoms with Gasteiger partial charge in [0.15, 0.2) is 0 Å². The van der Waals surface area contributed by atoms with E-state index in [1.54, 1.807) is 11.3 Å². The highest BCUT2D eigenvalue weighted by Gasteiger charge is 2.36. The summed E-state index contributed by atoms with van der Waals surface area (Å²) in [5.74, 6) is 0. The van der Waals surface area contributed by atoms with Crippen molar-refractivity contribution in [2.45, 2.75) is 19.3 Å². The van der Waals surface area contributed by atoms with Gasteiger partial charge in [-0.25, -0.2) is 4.98 Å². The molecule has 1 aliphatic carbocycles. The molecule has 0 bridgehead atoms. The van der Waals surface area contributed by atoms with Crippen LogP contribution >= 0.6 is 11.3 Å². The highest BCUT2D eigenvalue weighted by molar-refractivity contribution is 7.21. The van der Waals surface area contributed by atoms with Crippen molar-refractivity contribution < 1.29 is 0 Å². The van der Waals surface area contributed by atoms with Crippen molar-refractivity contribution in [3.05, 3.63) is 199 Å². The van der Waals surface area contributed by atoms with E-state index in [2.05, 4.69) is 212 Å². The topological polar surface area (TPSA) is 19.4 Å². The van der Waals surface area contributed by atoms with Crippen LogP contribution in [0.4, 0.5) is 34.1 Å². The van der Waals surface area contributed by atoms with E-state index in [-0.39, 0.29) is 5.41 Å². The normalized spacial score (nSPS) is 12.8. The van der Waals surface area contributed by atoms with Crippen molar-refractivity contribution in [2.75, 3.05) is 9.80 Å². The Morgan fingerprint density at radius 2 is 0.926 bits per heavy atom. The van der Waals surface area contributed by atoms with Gasteiger partial charge in [-0.05, 0) is 124 Å². The summed E-state index contributed by atoms with van der Waals surface area (Å²) >= 11 is 1.78. The second kappa shape index (κ2) is 12.9. The molecule has 3 nitrogen and oxygen atoms in total. The summed E-state index contributed by atoms with van der Waals surface area (Å²) < 4.78 is 1.23. The molecule has 0 N–H and O–H groups in total. The predicted octanol–water partition coefficient (Wildman–Crippen LogP) is 14.4. The standard InChI is InChI=1S/C50H37N3S/c1-50(2)45-30-36-28-42(27-26-35(36)29-43(45)44-32-48-47(33-46(44)50)51-49(54-48)34-16-7-3-8-17-34)53(39-22-13-6-14-23-39)41-25-15-24-40(31-41)52(37-18-9-4-10-19-37)38-20-11-5-12-21-38/h3-33H,1-2H3. The molecular weight excluding hydrogens is 675 g/mol. The Balaban J connectivity index is 1.08. The zero-order valence-corrected chi connectivity index (χ0v) is 31.0. The first-order valence-corrected chi connectivity index (χ1v) is 19.3. The summed E-state index contributed by atoms with van der Waals surface area (Å²) in [6.45, 7) is 4.72. The molecule has 0 amide bonds. The van der Waals surface area contributed by atoms with Crippen LogP contribution in [0.3, 0.4) is 0 Å². The van der Waals surface area contributed by atoms with Crippen LogP contribution in [0, 0.1) is 0 Å². The number of hydrogen-bond donors (Lipinski definition) is 0. The van der Waals surface area contributed by atoms with Gasteiger partial charge in [0.25, 0.3) is 0 Å². The summed E-state index contributed by atoms with van der Waals surface area (Å²) in [6.07, 6.45) is 0.